The molecule has 0 heterocycles. The molecule has 200 valence electrons. The van der Waals surface area contributed by atoms with Gasteiger partial charge in [-0.25, -0.2) is 0 Å². The van der Waals surface area contributed by atoms with Gasteiger partial charge in [-0.2, -0.15) is 0 Å². The van der Waals surface area contributed by atoms with Crippen LogP contribution in [0.1, 0.15) is 29.5 Å². The van der Waals surface area contributed by atoms with Gasteiger partial charge in [0.05, 0.1) is 0 Å². The van der Waals surface area contributed by atoms with Crippen molar-refractivity contribution in [1.82, 2.24) is 0 Å². The third-order valence-corrected chi connectivity index (χ3v) is 10.3. The molecule has 0 bridgehead atoms. The Kier molecular flexibility index (Phi) is 4.58. The molecule has 0 heteroatoms. The molecular formula is C43H28. The van der Waals surface area contributed by atoms with Gasteiger partial charge in [0.15, 0.2) is 0 Å². The van der Waals surface area contributed by atoms with E-state index in [2.05, 4.69) is 146 Å². The minimum Gasteiger partial charge on any atom is -0.0801 e. The third-order valence-electron chi connectivity index (χ3n) is 10.3. The molecule has 0 radical (unpaired) electrons. The minimum absolute atomic E-state index is 0.373. The van der Waals surface area contributed by atoms with Crippen molar-refractivity contribution < 1.29 is 0 Å². The maximum Gasteiger partial charge on any atom is 0.0168 e. The lowest BCUT2D eigenvalue weighted by atomic mass is 9.68. The smallest absolute Gasteiger partial charge is 0.0168 e. The molecule has 43 heavy (non-hydrogen) atoms. The van der Waals surface area contributed by atoms with E-state index in [1.165, 1.54) is 93.9 Å². The summed E-state index contributed by atoms with van der Waals surface area (Å²) in [6.07, 6.45) is 4.75. The number of allylic oxidation sites excluding steroid dienone is 1. The largest absolute Gasteiger partial charge is 0.0801 e. The van der Waals surface area contributed by atoms with Crippen LogP contribution in [-0.2, 0) is 0 Å². The lowest BCUT2D eigenvalue weighted by Gasteiger charge is -2.35. The lowest BCUT2D eigenvalue weighted by molar-refractivity contribution is 0.621. The van der Waals surface area contributed by atoms with Gasteiger partial charge >= 0.3 is 0 Å². The van der Waals surface area contributed by atoms with Crippen LogP contribution in [0.3, 0.4) is 0 Å². The number of fused-ring (bicyclic) bond motifs is 6. The van der Waals surface area contributed by atoms with Crippen LogP contribution < -0.4 is 0 Å². The van der Waals surface area contributed by atoms with Crippen molar-refractivity contribution in [1.29, 1.82) is 0 Å². The van der Waals surface area contributed by atoms with E-state index < -0.39 is 0 Å². The average molecular weight is 545 g/mol. The van der Waals surface area contributed by atoms with Crippen LogP contribution in [0.25, 0.3) is 83.3 Å². The predicted molar refractivity (Wildman–Crippen MR) is 182 cm³/mol. The first-order valence-electron chi connectivity index (χ1n) is 15.4. The van der Waals surface area contributed by atoms with Gasteiger partial charge in [0.25, 0.3) is 0 Å². The number of benzene rings is 7. The zero-order chi connectivity index (χ0) is 28.2. The lowest BCUT2D eigenvalue weighted by Crippen LogP contribution is -2.18. The van der Waals surface area contributed by atoms with Crippen LogP contribution in [0.4, 0.5) is 0 Å². The normalized spacial score (nSPS) is 16.9. The van der Waals surface area contributed by atoms with Gasteiger partial charge in [-0.1, -0.05) is 146 Å². The first-order valence-corrected chi connectivity index (χ1v) is 15.4. The number of hydrogen-bond acceptors (Lipinski definition) is 0. The highest BCUT2D eigenvalue weighted by Crippen LogP contribution is 2.61. The van der Waals surface area contributed by atoms with Crippen molar-refractivity contribution >= 4 is 27.6 Å². The molecule has 0 aromatic heterocycles. The predicted octanol–water partition coefficient (Wildman–Crippen LogP) is 11.7. The Morgan fingerprint density at radius 3 is 1.67 bits per heavy atom. The Balaban J connectivity index is 1.42. The van der Waals surface area contributed by atoms with E-state index in [4.69, 9.17) is 0 Å². The van der Waals surface area contributed by atoms with Gasteiger partial charge in [-0.15, -0.1) is 0 Å². The summed E-state index contributed by atoms with van der Waals surface area (Å²) in [5.74, 6) is 0.822. The quantitative estimate of drug-likeness (QED) is 0.203. The molecule has 0 N–H and O–H groups in total. The first kappa shape index (κ1) is 23.4. The Labute approximate surface area is 251 Å². The highest BCUT2D eigenvalue weighted by molar-refractivity contribution is 6.29. The SMILES string of the molecule is CC1C=Cc2cccc3c2C1c1ccc2c4c(ccc-3c14)-c1c-2c(-c2ccccc2)c2ccccc2c1-c1ccccc1. The fraction of sp³-hybridized carbons (Fsp3) is 0.0698. The summed E-state index contributed by atoms with van der Waals surface area (Å²) in [6.45, 7) is 2.39. The maximum atomic E-state index is 2.46. The second-order valence-electron chi connectivity index (χ2n) is 12.4. The maximum absolute atomic E-state index is 2.46. The Morgan fingerprint density at radius 1 is 0.442 bits per heavy atom. The fourth-order valence-electron chi connectivity index (χ4n) is 8.59. The molecule has 0 saturated heterocycles. The Bertz CT molecular complexity index is 2250. The van der Waals surface area contributed by atoms with Crippen molar-refractivity contribution in [3.05, 3.63) is 150 Å². The molecule has 7 aromatic rings. The number of rotatable bonds is 2. The highest BCUT2D eigenvalue weighted by Gasteiger charge is 2.37. The molecule has 3 aliphatic carbocycles. The van der Waals surface area contributed by atoms with Crippen LogP contribution in [0.15, 0.2) is 133 Å². The van der Waals surface area contributed by atoms with Gasteiger partial charge in [-0.05, 0) is 99.8 Å². The van der Waals surface area contributed by atoms with Crippen LogP contribution in [0, 0.1) is 5.92 Å². The summed E-state index contributed by atoms with van der Waals surface area (Å²) in [5.41, 5.74) is 17.8. The van der Waals surface area contributed by atoms with Crippen molar-refractivity contribution in [2.45, 2.75) is 12.8 Å². The zero-order valence-electron chi connectivity index (χ0n) is 23.9. The van der Waals surface area contributed by atoms with Gasteiger partial charge in [0.1, 0.15) is 0 Å². The van der Waals surface area contributed by atoms with E-state index in [-0.39, 0.29) is 0 Å². The summed E-state index contributed by atoms with van der Waals surface area (Å²) >= 11 is 0. The third kappa shape index (κ3) is 2.96. The Hall–Kier alpha value is -5.20. The van der Waals surface area contributed by atoms with Gasteiger partial charge in [-0.3, -0.25) is 0 Å². The van der Waals surface area contributed by atoms with Crippen LogP contribution >= 0.6 is 0 Å². The van der Waals surface area contributed by atoms with Crippen LogP contribution in [-0.4, -0.2) is 0 Å². The highest BCUT2D eigenvalue weighted by atomic mass is 14.4. The molecule has 0 saturated carbocycles. The van der Waals surface area contributed by atoms with E-state index >= 15 is 0 Å². The Morgan fingerprint density at radius 2 is 1.02 bits per heavy atom. The van der Waals surface area contributed by atoms with Gasteiger partial charge in [0, 0.05) is 5.92 Å². The van der Waals surface area contributed by atoms with Crippen LogP contribution in [0.2, 0.25) is 0 Å². The average Bonchev–Trinajstić information content (AvgIpc) is 3.40. The van der Waals surface area contributed by atoms with Crippen molar-refractivity contribution in [3.63, 3.8) is 0 Å². The molecule has 0 nitrogen and oxygen atoms in total. The molecule has 7 aromatic carbocycles. The topological polar surface area (TPSA) is 0 Å². The van der Waals surface area contributed by atoms with Crippen molar-refractivity contribution in [2.75, 3.05) is 0 Å². The second kappa shape index (κ2) is 8.43. The van der Waals surface area contributed by atoms with E-state index in [0.717, 1.165) is 0 Å². The van der Waals surface area contributed by atoms with E-state index in [1.54, 1.807) is 0 Å². The van der Waals surface area contributed by atoms with E-state index in [0.29, 0.717) is 11.8 Å². The van der Waals surface area contributed by atoms with Crippen molar-refractivity contribution in [3.8, 4) is 55.6 Å². The molecule has 0 fully saturated rings. The fourth-order valence-corrected chi connectivity index (χ4v) is 8.59. The van der Waals surface area contributed by atoms with Crippen molar-refractivity contribution in [2.24, 2.45) is 5.92 Å². The van der Waals surface area contributed by atoms with Gasteiger partial charge < -0.3 is 0 Å². The van der Waals surface area contributed by atoms with Gasteiger partial charge in [0.2, 0.25) is 0 Å². The monoisotopic (exact) mass is 544 g/mol. The molecular weight excluding hydrogens is 516 g/mol. The molecule has 0 spiro atoms. The summed E-state index contributed by atoms with van der Waals surface area (Å²) < 4.78 is 0. The molecule has 0 aliphatic heterocycles. The molecule has 2 atom stereocenters. The first-order chi connectivity index (χ1) is 21.3. The van der Waals surface area contributed by atoms with Crippen LogP contribution in [0.5, 0.6) is 0 Å². The van der Waals surface area contributed by atoms with E-state index in [9.17, 15) is 0 Å². The molecule has 3 aliphatic rings. The number of hydrogen-bond donors (Lipinski definition) is 0. The zero-order valence-corrected chi connectivity index (χ0v) is 23.9. The summed E-state index contributed by atoms with van der Waals surface area (Å²) in [4.78, 5) is 0. The summed E-state index contributed by atoms with van der Waals surface area (Å²) in [7, 11) is 0. The second-order valence-corrected chi connectivity index (χ2v) is 12.4. The molecule has 0 amide bonds. The molecule has 10 rings (SSSR count). The summed E-state index contributed by atoms with van der Waals surface area (Å²) in [6, 6.07) is 47.7. The summed E-state index contributed by atoms with van der Waals surface area (Å²) in [5, 5.41) is 5.49. The minimum atomic E-state index is 0.373. The molecule has 2 unspecified atom stereocenters. The standard InChI is InChI=1S/C43H28/c1-25-19-20-28-15-10-18-31-32-21-22-34-41-35(24-23-33(40(32)41)36(25)37(28)31)43-39(27-13-6-3-7-14-27)30-17-9-8-16-29(30)38(42(34)43)26-11-4-2-5-12-26/h2-25,36H,1H3. The van der Waals surface area contributed by atoms with E-state index in [1.807, 2.05) is 0 Å².